The number of rotatable bonds is 4. The summed E-state index contributed by atoms with van der Waals surface area (Å²) in [6.07, 6.45) is 0.0747. The predicted octanol–water partition coefficient (Wildman–Crippen LogP) is 3.35. The number of nitrogens with one attached hydrogen (secondary N) is 1. The van der Waals surface area contributed by atoms with Crippen molar-refractivity contribution in [1.29, 1.82) is 0 Å². The number of carbonyl (C=O) groups excluding carboxylic acids is 2. The van der Waals surface area contributed by atoms with E-state index in [2.05, 4.69) is 5.32 Å². The maximum absolute atomic E-state index is 12.8. The van der Waals surface area contributed by atoms with Crippen LogP contribution in [0.4, 0.5) is 11.4 Å². The maximum Gasteiger partial charge on any atom is 0.267 e. The molecule has 0 spiro atoms. The summed E-state index contributed by atoms with van der Waals surface area (Å²) in [7, 11) is -3.63. The summed E-state index contributed by atoms with van der Waals surface area (Å²) >= 11 is 0. The fourth-order valence-corrected chi connectivity index (χ4v) is 4.11. The van der Waals surface area contributed by atoms with E-state index >= 15 is 0 Å². The number of ketones is 1. The molecule has 30 heavy (non-hydrogen) atoms. The van der Waals surface area contributed by atoms with Crippen molar-refractivity contribution in [3.8, 4) is 5.75 Å². The molecule has 8 heteroatoms. The number of ether oxygens (including phenoxy) is 1. The van der Waals surface area contributed by atoms with Gasteiger partial charge in [-0.3, -0.25) is 13.9 Å². The molecule has 0 fully saturated rings. The molecular formula is C22H26N2O5S. The van der Waals surface area contributed by atoms with Crippen molar-refractivity contribution in [2.24, 2.45) is 0 Å². The third-order valence-corrected chi connectivity index (χ3v) is 6.07. The van der Waals surface area contributed by atoms with Crippen LogP contribution in [0.25, 0.3) is 0 Å². The Balaban J connectivity index is 1.91. The molecule has 0 saturated heterocycles. The molecule has 0 radical (unpaired) electrons. The second-order valence-corrected chi connectivity index (χ2v) is 10.4. The first-order valence-corrected chi connectivity index (χ1v) is 11.4. The second kappa shape index (κ2) is 7.75. The van der Waals surface area contributed by atoms with Gasteiger partial charge < -0.3 is 10.1 Å². The quantitative estimate of drug-likeness (QED) is 0.751. The fraction of sp³-hybridized carbons (Fsp3) is 0.364. The van der Waals surface area contributed by atoms with Gasteiger partial charge in [-0.2, -0.15) is 0 Å². The number of Topliss-reactive ketones (excluding diaryl/α,β-unsaturated/α-hetero) is 1. The minimum absolute atomic E-state index is 0.119. The lowest BCUT2D eigenvalue weighted by Gasteiger charge is -2.35. The topological polar surface area (TPSA) is 92.8 Å². The van der Waals surface area contributed by atoms with Crippen molar-refractivity contribution in [2.45, 2.75) is 39.2 Å². The number of sulfonamides is 1. The first-order valence-electron chi connectivity index (χ1n) is 9.57. The van der Waals surface area contributed by atoms with Crippen LogP contribution in [0.2, 0.25) is 0 Å². The van der Waals surface area contributed by atoms with E-state index in [9.17, 15) is 18.0 Å². The van der Waals surface area contributed by atoms with E-state index < -0.39 is 22.0 Å². The highest BCUT2D eigenvalue weighted by Crippen LogP contribution is 2.38. The van der Waals surface area contributed by atoms with Gasteiger partial charge in [0.25, 0.3) is 5.91 Å². The van der Waals surface area contributed by atoms with Crippen molar-refractivity contribution in [2.75, 3.05) is 22.4 Å². The molecule has 2 aromatic rings. The minimum atomic E-state index is -3.63. The third kappa shape index (κ3) is 4.64. The lowest BCUT2D eigenvalue weighted by molar-refractivity contribution is -0.122. The van der Waals surface area contributed by atoms with Crippen LogP contribution in [-0.2, 0) is 20.2 Å². The van der Waals surface area contributed by atoms with Gasteiger partial charge in [-0.1, -0.05) is 39.0 Å². The average Bonchev–Trinajstić information content (AvgIpc) is 2.65. The van der Waals surface area contributed by atoms with E-state index in [0.717, 1.165) is 11.8 Å². The number of anilines is 2. The highest BCUT2D eigenvalue weighted by molar-refractivity contribution is 7.92. The van der Waals surface area contributed by atoms with E-state index in [1.54, 1.807) is 36.4 Å². The van der Waals surface area contributed by atoms with Gasteiger partial charge in [0, 0.05) is 11.3 Å². The second-order valence-electron chi connectivity index (χ2n) is 8.46. The molecule has 7 nitrogen and oxygen atoms in total. The molecule has 0 aromatic heterocycles. The first-order chi connectivity index (χ1) is 13.9. The molecule has 1 aliphatic heterocycles. The normalized spacial score (nSPS) is 16.4. The summed E-state index contributed by atoms with van der Waals surface area (Å²) in [4.78, 5) is 24.4. The van der Waals surface area contributed by atoms with Crippen molar-refractivity contribution in [1.82, 2.24) is 0 Å². The lowest BCUT2D eigenvalue weighted by Crippen LogP contribution is -2.48. The smallest absolute Gasteiger partial charge is 0.267 e. The molecule has 0 saturated carbocycles. The van der Waals surface area contributed by atoms with E-state index in [-0.39, 0.29) is 17.7 Å². The number of hydrogen-bond acceptors (Lipinski definition) is 5. The Bertz CT molecular complexity index is 1100. The highest BCUT2D eigenvalue weighted by atomic mass is 32.2. The summed E-state index contributed by atoms with van der Waals surface area (Å²) in [5.74, 6) is -0.279. The van der Waals surface area contributed by atoms with Crippen molar-refractivity contribution in [3.05, 3.63) is 53.6 Å². The molecular weight excluding hydrogens is 404 g/mol. The Kier molecular flexibility index (Phi) is 5.64. The Hall–Kier alpha value is -2.87. The van der Waals surface area contributed by atoms with Gasteiger partial charge >= 0.3 is 0 Å². The van der Waals surface area contributed by atoms with Gasteiger partial charge in [0.2, 0.25) is 10.0 Å². The molecule has 2 aromatic carbocycles. The molecule has 0 bridgehead atoms. The van der Waals surface area contributed by atoms with Crippen LogP contribution in [-0.4, -0.2) is 39.0 Å². The average molecular weight is 431 g/mol. The van der Waals surface area contributed by atoms with Crippen LogP contribution in [0.1, 0.15) is 43.6 Å². The molecule has 3 rings (SSSR count). The summed E-state index contributed by atoms with van der Waals surface area (Å²) in [6, 6.07) is 11.9. The largest absolute Gasteiger partial charge is 0.476 e. The molecule has 1 N–H and O–H groups in total. The van der Waals surface area contributed by atoms with Gasteiger partial charge in [-0.25, -0.2) is 8.42 Å². The van der Waals surface area contributed by atoms with Gasteiger partial charge in [0.15, 0.2) is 11.9 Å². The highest BCUT2D eigenvalue weighted by Gasteiger charge is 2.36. The number of amides is 1. The SMILES string of the molecule is CC(=O)c1cccc(NC(=O)[C@@H]2CN(S(C)(=O)=O)c3cc(C(C)(C)C)ccc3O2)c1. The number of carbonyl (C=O) groups is 2. The number of fused-ring (bicyclic) bond motifs is 1. The van der Waals surface area contributed by atoms with E-state index in [4.69, 9.17) is 4.74 Å². The molecule has 160 valence electrons. The molecule has 1 heterocycles. The van der Waals surface area contributed by atoms with E-state index in [1.165, 1.54) is 11.2 Å². The minimum Gasteiger partial charge on any atom is -0.476 e. The van der Waals surface area contributed by atoms with Crippen LogP contribution in [0.15, 0.2) is 42.5 Å². The van der Waals surface area contributed by atoms with Gasteiger partial charge in [0.05, 0.1) is 18.5 Å². The number of benzene rings is 2. The molecule has 0 aliphatic carbocycles. The number of nitrogens with zero attached hydrogens (tertiary/aromatic N) is 1. The van der Waals surface area contributed by atoms with Crippen LogP contribution >= 0.6 is 0 Å². The Morgan fingerprint density at radius 2 is 1.83 bits per heavy atom. The van der Waals surface area contributed by atoms with Crippen LogP contribution in [0.5, 0.6) is 5.75 Å². The zero-order valence-corrected chi connectivity index (χ0v) is 18.5. The van der Waals surface area contributed by atoms with Crippen LogP contribution in [0, 0.1) is 0 Å². The molecule has 0 unspecified atom stereocenters. The number of hydrogen-bond donors (Lipinski definition) is 1. The zero-order valence-electron chi connectivity index (χ0n) is 17.7. The van der Waals surface area contributed by atoms with Crippen molar-refractivity contribution in [3.63, 3.8) is 0 Å². The molecule has 1 amide bonds. The first kappa shape index (κ1) is 21.8. The summed E-state index contributed by atoms with van der Waals surface area (Å²) in [5, 5.41) is 2.71. The van der Waals surface area contributed by atoms with Gasteiger partial charge in [0.1, 0.15) is 5.75 Å². The molecule has 1 atom stereocenters. The van der Waals surface area contributed by atoms with E-state index in [1.807, 2.05) is 26.8 Å². The standard InChI is InChI=1S/C22H26N2O5S/c1-14(25)15-7-6-8-17(11-15)23-21(26)20-13-24(30(5,27)28)18-12-16(22(2,3)4)9-10-19(18)29-20/h6-12,20H,13H2,1-5H3,(H,23,26)/t20-/m0/s1. The summed E-state index contributed by atoms with van der Waals surface area (Å²) in [5.41, 5.74) is 2.12. The van der Waals surface area contributed by atoms with Gasteiger partial charge in [-0.15, -0.1) is 0 Å². The van der Waals surface area contributed by atoms with Gasteiger partial charge in [-0.05, 0) is 42.2 Å². The monoisotopic (exact) mass is 430 g/mol. The van der Waals surface area contributed by atoms with Crippen molar-refractivity contribution >= 4 is 33.1 Å². The fourth-order valence-electron chi connectivity index (χ4n) is 3.21. The third-order valence-electron chi connectivity index (χ3n) is 4.92. The summed E-state index contributed by atoms with van der Waals surface area (Å²) in [6.45, 7) is 7.41. The van der Waals surface area contributed by atoms with Crippen LogP contribution < -0.4 is 14.4 Å². The Labute approximate surface area is 177 Å². The lowest BCUT2D eigenvalue weighted by atomic mass is 9.86. The molecule has 1 aliphatic rings. The van der Waals surface area contributed by atoms with Crippen LogP contribution in [0.3, 0.4) is 0 Å². The summed E-state index contributed by atoms with van der Waals surface area (Å²) < 4.78 is 32.0. The predicted molar refractivity (Wildman–Crippen MR) is 117 cm³/mol. The van der Waals surface area contributed by atoms with E-state index in [0.29, 0.717) is 22.7 Å². The Morgan fingerprint density at radius 3 is 2.43 bits per heavy atom. The maximum atomic E-state index is 12.8. The van der Waals surface area contributed by atoms with Crippen molar-refractivity contribution < 1.29 is 22.7 Å². The zero-order chi connectivity index (χ0) is 22.3. The Morgan fingerprint density at radius 1 is 1.13 bits per heavy atom.